The predicted molar refractivity (Wildman–Crippen MR) is 113 cm³/mol. The number of anilines is 1. The molecule has 1 amide bonds. The van der Waals surface area contributed by atoms with Crippen molar-refractivity contribution < 1.29 is 31.1 Å². The molecule has 0 aliphatic rings. The van der Waals surface area contributed by atoms with Crippen LogP contribution in [-0.4, -0.2) is 21.4 Å². The summed E-state index contributed by atoms with van der Waals surface area (Å²) in [6, 6.07) is 14.7. The van der Waals surface area contributed by atoms with Crippen LogP contribution in [0.4, 0.5) is 18.9 Å². The summed E-state index contributed by atoms with van der Waals surface area (Å²) in [5.41, 5.74) is -1.15. The van der Waals surface area contributed by atoms with E-state index in [1.165, 1.54) is 43.5 Å². The Morgan fingerprint density at radius 1 is 0.968 bits per heavy atom. The highest BCUT2D eigenvalue weighted by molar-refractivity contribution is 9.10. The number of amides is 1. The van der Waals surface area contributed by atoms with Gasteiger partial charge in [-0.3, -0.25) is 4.79 Å². The van der Waals surface area contributed by atoms with Crippen molar-refractivity contribution in [3.05, 3.63) is 88.4 Å². The van der Waals surface area contributed by atoms with Gasteiger partial charge in [-0.2, -0.15) is 17.5 Å². The van der Waals surface area contributed by atoms with E-state index < -0.39 is 32.6 Å². The van der Waals surface area contributed by atoms with Crippen LogP contribution in [0.15, 0.2) is 82.2 Å². The summed E-state index contributed by atoms with van der Waals surface area (Å²) in [6.45, 7) is 0. The van der Waals surface area contributed by atoms with Gasteiger partial charge in [0.05, 0.1) is 23.3 Å². The Labute approximate surface area is 185 Å². The fourth-order valence-corrected chi connectivity index (χ4v) is 4.46. The van der Waals surface area contributed by atoms with E-state index >= 15 is 0 Å². The maximum atomic E-state index is 13.3. The number of benzene rings is 3. The smallest absolute Gasteiger partial charge is 0.416 e. The molecule has 0 spiro atoms. The van der Waals surface area contributed by atoms with Crippen molar-refractivity contribution in [2.75, 3.05) is 11.4 Å². The number of alkyl halides is 3. The minimum absolute atomic E-state index is 0.0366. The largest absolute Gasteiger partial charge is 0.497 e. The SMILES string of the molecule is COc1ccc(N(C(=O)c2ccc(Br)cc2)S(=O)(=O)c2cccc(C(F)(F)F)c2)cc1. The van der Waals surface area contributed by atoms with Crippen molar-refractivity contribution in [3.63, 3.8) is 0 Å². The Morgan fingerprint density at radius 2 is 1.58 bits per heavy atom. The van der Waals surface area contributed by atoms with E-state index in [9.17, 15) is 26.4 Å². The summed E-state index contributed by atoms with van der Waals surface area (Å²) in [5, 5.41) is 0. The molecule has 0 atom stereocenters. The summed E-state index contributed by atoms with van der Waals surface area (Å²) < 4.78 is 72.3. The lowest BCUT2D eigenvalue weighted by Gasteiger charge is -2.23. The quantitative estimate of drug-likeness (QED) is 0.451. The van der Waals surface area contributed by atoms with Crippen LogP contribution in [0.5, 0.6) is 5.75 Å². The molecule has 3 rings (SSSR count). The van der Waals surface area contributed by atoms with Gasteiger partial charge in [0.2, 0.25) is 0 Å². The molecule has 0 heterocycles. The standard InChI is InChI=1S/C21H15BrF3NO4S/c1-30-18-11-9-17(10-12-18)26(20(27)14-5-7-16(22)8-6-14)31(28,29)19-4-2-3-15(13-19)21(23,24)25/h2-13H,1H3. The molecule has 10 heteroatoms. The molecule has 31 heavy (non-hydrogen) atoms. The number of ether oxygens (including phenoxy) is 1. The van der Waals surface area contributed by atoms with E-state index in [-0.39, 0.29) is 11.3 Å². The van der Waals surface area contributed by atoms with Gasteiger partial charge in [0.25, 0.3) is 15.9 Å². The summed E-state index contributed by atoms with van der Waals surface area (Å²) in [7, 11) is -3.27. The minimum Gasteiger partial charge on any atom is -0.497 e. The molecule has 0 bridgehead atoms. The predicted octanol–water partition coefficient (Wildman–Crippen LogP) is 5.51. The average molecular weight is 514 g/mol. The molecule has 3 aromatic rings. The van der Waals surface area contributed by atoms with Crippen LogP contribution in [0, 0.1) is 0 Å². The molecule has 0 aromatic heterocycles. The molecular weight excluding hydrogens is 499 g/mol. The minimum atomic E-state index is -4.74. The Morgan fingerprint density at radius 3 is 2.13 bits per heavy atom. The van der Waals surface area contributed by atoms with Crippen LogP contribution in [0.25, 0.3) is 0 Å². The normalized spacial score (nSPS) is 11.8. The monoisotopic (exact) mass is 513 g/mol. The number of rotatable bonds is 5. The van der Waals surface area contributed by atoms with Gasteiger partial charge in [-0.05, 0) is 66.7 Å². The highest BCUT2D eigenvalue weighted by atomic mass is 79.9. The second-order valence-electron chi connectivity index (χ2n) is 6.31. The van der Waals surface area contributed by atoms with Crippen LogP contribution in [0.1, 0.15) is 15.9 Å². The van der Waals surface area contributed by atoms with Gasteiger partial charge in [0.15, 0.2) is 0 Å². The van der Waals surface area contributed by atoms with Crippen molar-refractivity contribution in [2.24, 2.45) is 0 Å². The maximum Gasteiger partial charge on any atom is 0.416 e. The van der Waals surface area contributed by atoms with Crippen molar-refractivity contribution in [1.29, 1.82) is 0 Å². The highest BCUT2D eigenvalue weighted by Crippen LogP contribution is 2.33. The molecule has 0 radical (unpaired) electrons. The van der Waals surface area contributed by atoms with E-state index in [4.69, 9.17) is 4.74 Å². The third-order valence-corrected chi connectivity index (χ3v) is 6.52. The number of hydrogen-bond donors (Lipinski definition) is 0. The van der Waals surface area contributed by atoms with Gasteiger partial charge < -0.3 is 4.74 Å². The first kappa shape index (κ1) is 22.8. The van der Waals surface area contributed by atoms with Crippen LogP contribution < -0.4 is 9.04 Å². The number of carbonyl (C=O) groups excluding carboxylic acids is 1. The summed E-state index contributed by atoms with van der Waals surface area (Å²) >= 11 is 3.23. The molecule has 0 unspecified atom stereocenters. The second kappa shape index (κ2) is 8.72. The molecule has 0 saturated carbocycles. The molecule has 162 valence electrons. The van der Waals surface area contributed by atoms with Crippen molar-refractivity contribution >= 4 is 37.5 Å². The fraction of sp³-hybridized carbons (Fsp3) is 0.0952. The van der Waals surface area contributed by atoms with Crippen LogP contribution in [0.3, 0.4) is 0 Å². The Balaban J connectivity index is 2.17. The van der Waals surface area contributed by atoms with Gasteiger partial charge >= 0.3 is 6.18 Å². The number of nitrogens with zero attached hydrogens (tertiary/aromatic N) is 1. The lowest BCUT2D eigenvalue weighted by atomic mass is 10.2. The highest BCUT2D eigenvalue weighted by Gasteiger charge is 2.35. The molecule has 0 saturated heterocycles. The van der Waals surface area contributed by atoms with Crippen molar-refractivity contribution in [1.82, 2.24) is 0 Å². The zero-order valence-corrected chi connectivity index (χ0v) is 18.3. The Bertz CT molecular complexity index is 1190. The fourth-order valence-electron chi connectivity index (χ4n) is 2.73. The summed E-state index contributed by atoms with van der Waals surface area (Å²) in [6.07, 6.45) is -4.74. The molecule has 3 aromatic carbocycles. The first-order valence-electron chi connectivity index (χ1n) is 8.70. The van der Waals surface area contributed by atoms with Crippen LogP contribution in [0.2, 0.25) is 0 Å². The molecule has 0 fully saturated rings. The Kier molecular flexibility index (Phi) is 6.42. The van der Waals surface area contributed by atoms with E-state index in [0.717, 1.165) is 18.2 Å². The third-order valence-electron chi connectivity index (χ3n) is 4.28. The molecular formula is C21H15BrF3NO4S. The van der Waals surface area contributed by atoms with E-state index in [1.54, 1.807) is 12.1 Å². The lowest BCUT2D eigenvalue weighted by molar-refractivity contribution is -0.137. The molecule has 0 N–H and O–H groups in total. The number of hydrogen-bond acceptors (Lipinski definition) is 4. The summed E-state index contributed by atoms with van der Waals surface area (Å²) in [4.78, 5) is 12.5. The van der Waals surface area contributed by atoms with E-state index in [0.29, 0.717) is 20.6 Å². The Hall–Kier alpha value is -2.85. The zero-order chi connectivity index (χ0) is 22.8. The number of methoxy groups -OCH3 is 1. The van der Waals surface area contributed by atoms with Crippen molar-refractivity contribution in [3.8, 4) is 5.75 Å². The molecule has 0 aliphatic heterocycles. The average Bonchev–Trinajstić information content (AvgIpc) is 2.74. The number of halogens is 4. The van der Waals surface area contributed by atoms with Crippen LogP contribution in [-0.2, 0) is 16.2 Å². The third kappa shape index (κ3) is 4.91. The van der Waals surface area contributed by atoms with Gasteiger partial charge in [-0.25, -0.2) is 8.42 Å². The van der Waals surface area contributed by atoms with Gasteiger partial charge in [0.1, 0.15) is 5.75 Å². The van der Waals surface area contributed by atoms with Gasteiger partial charge in [0, 0.05) is 10.0 Å². The first-order chi connectivity index (χ1) is 14.5. The first-order valence-corrected chi connectivity index (χ1v) is 10.9. The van der Waals surface area contributed by atoms with Crippen LogP contribution >= 0.6 is 15.9 Å². The summed E-state index contributed by atoms with van der Waals surface area (Å²) in [5.74, 6) is -0.508. The topological polar surface area (TPSA) is 63.7 Å². The van der Waals surface area contributed by atoms with Crippen molar-refractivity contribution in [2.45, 2.75) is 11.1 Å². The van der Waals surface area contributed by atoms with E-state index in [2.05, 4.69) is 15.9 Å². The number of carbonyl (C=O) groups is 1. The van der Waals surface area contributed by atoms with Gasteiger partial charge in [-0.1, -0.05) is 22.0 Å². The maximum absolute atomic E-state index is 13.3. The zero-order valence-electron chi connectivity index (χ0n) is 15.9. The lowest BCUT2D eigenvalue weighted by Crippen LogP contribution is -2.37. The second-order valence-corrected chi connectivity index (χ2v) is 9.01. The van der Waals surface area contributed by atoms with E-state index in [1.807, 2.05) is 0 Å². The number of sulfonamides is 1. The molecule has 5 nitrogen and oxygen atoms in total. The molecule has 0 aliphatic carbocycles. The van der Waals surface area contributed by atoms with Gasteiger partial charge in [-0.15, -0.1) is 0 Å².